The number of rotatable bonds is 5. The molecule has 0 atom stereocenters. The summed E-state index contributed by atoms with van der Waals surface area (Å²) in [5, 5.41) is 9.53. The molecule has 0 aliphatic carbocycles. The van der Waals surface area contributed by atoms with Crippen molar-refractivity contribution in [3.63, 3.8) is 0 Å². The van der Waals surface area contributed by atoms with Crippen LogP contribution in [0, 0.1) is 0 Å². The molecule has 0 saturated heterocycles. The van der Waals surface area contributed by atoms with E-state index < -0.39 is 0 Å². The van der Waals surface area contributed by atoms with Crippen LogP contribution in [0.15, 0.2) is 200 Å². The second kappa shape index (κ2) is 12.6. The Morgan fingerprint density at radius 3 is 1.55 bits per heavy atom. The third kappa shape index (κ3) is 5.28. The Hall–Kier alpha value is -7.36. The van der Waals surface area contributed by atoms with Gasteiger partial charge in [0.1, 0.15) is 11.5 Å². The molecule has 0 unspecified atom stereocenters. The van der Waals surface area contributed by atoms with Crippen molar-refractivity contribution in [1.29, 1.82) is 0 Å². The largest absolute Gasteiger partial charge is 0.453 e. The zero-order chi connectivity index (χ0) is 36.3. The first kappa shape index (κ1) is 31.2. The fourth-order valence-electron chi connectivity index (χ4n) is 8.28. The van der Waals surface area contributed by atoms with Crippen LogP contribution in [0.4, 0.5) is 17.1 Å². The normalized spacial score (nSPS) is 11.9. The number of hydrogen-bond donors (Lipinski definition) is 0. The third-order valence-electron chi connectivity index (χ3n) is 10.9. The van der Waals surface area contributed by atoms with Gasteiger partial charge in [0.15, 0.2) is 11.5 Å². The van der Waals surface area contributed by atoms with Crippen LogP contribution in [0.1, 0.15) is 0 Å². The fraction of sp³-hybridized carbons (Fsp3) is 0. The summed E-state index contributed by atoms with van der Waals surface area (Å²) in [5.41, 5.74) is 7.80. The molecule has 0 N–H and O–H groups in total. The van der Waals surface area contributed by atoms with E-state index in [1.165, 1.54) is 54.6 Å². The van der Waals surface area contributed by atoms with Gasteiger partial charge in [-0.05, 0) is 115 Å². The van der Waals surface area contributed by atoms with Gasteiger partial charge in [0.05, 0.1) is 11.1 Å². The number of benzene rings is 10. The second-order valence-corrected chi connectivity index (χ2v) is 14.1. The van der Waals surface area contributed by atoms with Gasteiger partial charge < -0.3 is 14.4 Å². The summed E-state index contributed by atoms with van der Waals surface area (Å²) in [6.45, 7) is 0. The third-order valence-corrected chi connectivity index (χ3v) is 10.9. The lowest BCUT2D eigenvalue weighted by Crippen LogP contribution is -2.10. The highest BCUT2D eigenvalue weighted by Gasteiger charge is 2.22. The van der Waals surface area contributed by atoms with Crippen LogP contribution in [-0.2, 0) is 0 Å². The van der Waals surface area contributed by atoms with Crippen molar-refractivity contribution in [2.75, 3.05) is 4.90 Å². The van der Waals surface area contributed by atoms with Crippen LogP contribution in [0.25, 0.3) is 65.3 Å². The molecule has 1 heterocycles. The van der Waals surface area contributed by atoms with E-state index in [9.17, 15) is 0 Å². The second-order valence-electron chi connectivity index (χ2n) is 14.1. The van der Waals surface area contributed by atoms with Crippen molar-refractivity contribution in [2.45, 2.75) is 0 Å². The molecule has 0 saturated carbocycles. The highest BCUT2D eigenvalue weighted by atomic mass is 16.5. The van der Waals surface area contributed by atoms with Gasteiger partial charge in [-0.15, -0.1) is 0 Å². The number of ether oxygens (including phenoxy) is 2. The van der Waals surface area contributed by atoms with Gasteiger partial charge in [0.25, 0.3) is 0 Å². The molecule has 258 valence electrons. The topological polar surface area (TPSA) is 21.7 Å². The minimum absolute atomic E-state index is 0.665. The van der Waals surface area contributed by atoms with E-state index in [1.54, 1.807) is 0 Å². The summed E-state index contributed by atoms with van der Waals surface area (Å²) < 4.78 is 13.2. The van der Waals surface area contributed by atoms with E-state index in [0.29, 0.717) is 11.5 Å². The van der Waals surface area contributed by atoms with Crippen LogP contribution >= 0.6 is 0 Å². The molecule has 0 fully saturated rings. The summed E-state index contributed by atoms with van der Waals surface area (Å²) in [4.78, 5) is 2.29. The molecule has 10 aromatic carbocycles. The summed E-state index contributed by atoms with van der Waals surface area (Å²) in [6.07, 6.45) is 0. The molecule has 0 aromatic heterocycles. The van der Waals surface area contributed by atoms with E-state index in [2.05, 4.69) is 175 Å². The van der Waals surface area contributed by atoms with E-state index in [0.717, 1.165) is 39.3 Å². The maximum Gasteiger partial charge on any atom is 0.172 e. The van der Waals surface area contributed by atoms with Gasteiger partial charge in [0, 0.05) is 17.4 Å². The number of fused-ring (bicyclic) bond motifs is 5. The molecule has 1 aliphatic heterocycles. The van der Waals surface area contributed by atoms with Crippen molar-refractivity contribution in [2.24, 2.45) is 0 Å². The van der Waals surface area contributed by atoms with Gasteiger partial charge in [-0.2, -0.15) is 0 Å². The maximum atomic E-state index is 6.66. The zero-order valence-corrected chi connectivity index (χ0v) is 29.8. The summed E-state index contributed by atoms with van der Waals surface area (Å²) in [7, 11) is 0. The quantitative estimate of drug-likeness (QED) is 0.167. The maximum absolute atomic E-state index is 6.66. The Bertz CT molecular complexity index is 3080. The van der Waals surface area contributed by atoms with Gasteiger partial charge in [-0.25, -0.2) is 0 Å². The van der Waals surface area contributed by atoms with Crippen LogP contribution in [0.3, 0.4) is 0 Å². The Balaban J connectivity index is 1.04. The highest BCUT2D eigenvalue weighted by molar-refractivity contribution is 6.13. The molecule has 0 amide bonds. The van der Waals surface area contributed by atoms with Gasteiger partial charge >= 0.3 is 0 Å². The minimum atomic E-state index is 0.665. The molecule has 0 bridgehead atoms. The molecular formula is C52H33NO2. The zero-order valence-electron chi connectivity index (χ0n) is 29.8. The van der Waals surface area contributed by atoms with E-state index in [-0.39, 0.29) is 0 Å². The first-order chi connectivity index (χ1) is 27.2. The lowest BCUT2D eigenvalue weighted by molar-refractivity contribution is 0.439. The van der Waals surface area contributed by atoms with Gasteiger partial charge in [-0.3, -0.25) is 0 Å². The van der Waals surface area contributed by atoms with Gasteiger partial charge in [-0.1, -0.05) is 140 Å². The van der Waals surface area contributed by atoms with E-state index in [4.69, 9.17) is 9.47 Å². The first-order valence-electron chi connectivity index (χ1n) is 18.7. The van der Waals surface area contributed by atoms with Crippen LogP contribution in [0.5, 0.6) is 23.0 Å². The van der Waals surface area contributed by atoms with E-state index >= 15 is 0 Å². The molecule has 0 spiro atoms. The molecule has 55 heavy (non-hydrogen) atoms. The predicted molar refractivity (Wildman–Crippen MR) is 229 cm³/mol. The first-order valence-corrected chi connectivity index (χ1v) is 18.7. The minimum Gasteiger partial charge on any atom is -0.453 e. The number of hydrogen-bond acceptors (Lipinski definition) is 3. The number of anilines is 3. The Morgan fingerprint density at radius 2 is 0.818 bits per heavy atom. The highest BCUT2D eigenvalue weighted by Crippen LogP contribution is 2.48. The lowest BCUT2D eigenvalue weighted by Gasteiger charge is -2.27. The van der Waals surface area contributed by atoms with Crippen LogP contribution in [0.2, 0.25) is 0 Å². The van der Waals surface area contributed by atoms with Crippen molar-refractivity contribution in [3.05, 3.63) is 200 Å². The van der Waals surface area contributed by atoms with E-state index in [1.807, 2.05) is 30.3 Å². The SMILES string of the molecule is c1ccc2c(-c3ccc(N(c4ccc(-c5cc6ccccc6c6ccccc56)cc4)c4ccc5c(c4)Oc4cccc6cccc(c46)O5)cc3)cccc2c1. The molecule has 11 rings (SSSR count). The Kier molecular flexibility index (Phi) is 7.17. The van der Waals surface area contributed by atoms with Crippen molar-refractivity contribution < 1.29 is 9.47 Å². The van der Waals surface area contributed by atoms with Crippen LogP contribution in [-0.4, -0.2) is 0 Å². The van der Waals surface area contributed by atoms with Crippen molar-refractivity contribution in [3.8, 4) is 45.3 Å². The van der Waals surface area contributed by atoms with Gasteiger partial charge in [0.2, 0.25) is 0 Å². The number of nitrogens with zero attached hydrogens (tertiary/aromatic N) is 1. The molecule has 3 heteroatoms. The van der Waals surface area contributed by atoms with Crippen LogP contribution < -0.4 is 14.4 Å². The smallest absolute Gasteiger partial charge is 0.172 e. The van der Waals surface area contributed by atoms with Crippen molar-refractivity contribution in [1.82, 2.24) is 0 Å². The average Bonchev–Trinajstić information content (AvgIpc) is 3.41. The standard InChI is InChI=1S/C52H33NO2/c1-3-15-42-34(10-1)12-7-19-43(42)35-22-26-39(27-23-35)53(41-30-31-48-51(33-41)55-50-21-9-14-37-13-8-20-49(54-48)52(37)50)40-28-24-36(25-29-40)47-32-38-11-2-4-16-44(38)45-17-5-6-18-46(45)47/h1-33H. The Morgan fingerprint density at radius 1 is 0.291 bits per heavy atom. The predicted octanol–water partition coefficient (Wildman–Crippen LogP) is 15.0. The summed E-state index contributed by atoms with van der Waals surface area (Å²) in [5.74, 6) is 2.91. The monoisotopic (exact) mass is 703 g/mol. The Labute approximate surface area is 318 Å². The summed E-state index contributed by atoms with van der Waals surface area (Å²) in [6, 6.07) is 71.0. The summed E-state index contributed by atoms with van der Waals surface area (Å²) >= 11 is 0. The molecule has 0 radical (unpaired) electrons. The molecule has 10 aromatic rings. The van der Waals surface area contributed by atoms with Crippen molar-refractivity contribution >= 4 is 60.2 Å². The fourth-order valence-corrected chi connectivity index (χ4v) is 8.28. The molecule has 3 nitrogen and oxygen atoms in total. The molecule has 1 aliphatic rings. The molecular weight excluding hydrogens is 671 g/mol. The average molecular weight is 704 g/mol. The lowest BCUT2D eigenvalue weighted by atomic mass is 9.93.